The lowest BCUT2D eigenvalue weighted by Gasteiger charge is -2.15. The zero-order chi connectivity index (χ0) is 13.5. The second kappa shape index (κ2) is 6.65. The molecule has 1 rings (SSSR count). The van der Waals surface area contributed by atoms with E-state index in [1.54, 1.807) is 12.1 Å². The summed E-state index contributed by atoms with van der Waals surface area (Å²) in [6.45, 7) is 1.96. The number of rotatable bonds is 5. The predicted octanol–water partition coefficient (Wildman–Crippen LogP) is 2.17. The number of nitrogens with zero attached hydrogens (tertiary/aromatic N) is 2. The molecule has 0 heterocycles. The molecule has 96 valence electrons. The summed E-state index contributed by atoms with van der Waals surface area (Å²) in [4.78, 5) is 13.9. The van der Waals surface area contributed by atoms with Gasteiger partial charge in [0.05, 0.1) is 12.5 Å². The fraction of sp³-hybridized carbons (Fsp3) is 0.429. The highest BCUT2D eigenvalue weighted by Gasteiger charge is 2.11. The molecule has 0 aromatic heterocycles. The molecule has 0 saturated heterocycles. The number of amides is 1. The number of anilines is 1. The van der Waals surface area contributed by atoms with Gasteiger partial charge in [-0.3, -0.25) is 4.79 Å². The monoisotopic (exact) mass is 245 g/mol. The van der Waals surface area contributed by atoms with Crippen LogP contribution in [0.15, 0.2) is 24.3 Å². The van der Waals surface area contributed by atoms with E-state index in [4.69, 9.17) is 5.26 Å². The molecule has 1 unspecified atom stereocenters. The minimum atomic E-state index is -0.123. The van der Waals surface area contributed by atoms with Gasteiger partial charge in [-0.05, 0) is 30.7 Å². The third-order valence-corrected chi connectivity index (χ3v) is 2.81. The Labute approximate surface area is 108 Å². The van der Waals surface area contributed by atoms with Gasteiger partial charge in [0.1, 0.15) is 0 Å². The van der Waals surface area contributed by atoms with Crippen molar-refractivity contribution in [1.29, 1.82) is 5.26 Å². The topological polar surface area (TPSA) is 56.1 Å². The van der Waals surface area contributed by atoms with Gasteiger partial charge < -0.3 is 10.2 Å². The van der Waals surface area contributed by atoms with Crippen LogP contribution in [-0.2, 0) is 0 Å². The molecule has 1 amide bonds. The molecule has 0 bridgehead atoms. The second-order valence-corrected chi connectivity index (χ2v) is 4.38. The maximum atomic E-state index is 11.9. The van der Waals surface area contributed by atoms with Crippen molar-refractivity contribution < 1.29 is 4.79 Å². The molecule has 1 atom stereocenters. The number of nitriles is 1. The largest absolute Gasteiger partial charge is 0.378 e. The molecule has 0 radical (unpaired) electrons. The van der Waals surface area contributed by atoms with Crippen LogP contribution in [0.4, 0.5) is 5.69 Å². The molecule has 0 fully saturated rings. The van der Waals surface area contributed by atoms with Crippen molar-refractivity contribution in [2.75, 3.05) is 19.0 Å². The van der Waals surface area contributed by atoms with Crippen LogP contribution in [0.3, 0.4) is 0 Å². The van der Waals surface area contributed by atoms with Crippen molar-refractivity contribution in [2.45, 2.75) is 25.8 Å². The van der Waals surface area contributed by atoms with Crippen LogP contribution < -0.4 is 10.2 Å². The molecule has 0 spiro atoms. The first-order valence-corrected chi connectivity index (χ1v) is 6.03. The van der Waals surface area contributed by atoms with Gasteiger partial charge in [-0.15, -0.1) is 0 Å². The summed E-state index contributed by atoms with van der Waals surface area (Å²) in [5.41, 5.74) is 1.67. The van der Waals surface area contributed by atoms with E-state index in [0.717, 1.165) is 12.1 Å². The van der Waals surface area contributed by atoms with E-state index >= 15 is 0 Å². The highest BCUT2D eigenvalue weighted by molar-refractivity contribution is 5.94. The Morgan fingerprint density at radius 1 is 1.39 bits per heavy atom. The Hall–Kier alpha value is -2.02. The molecule has 1 N–H and O–H groups in total. The normalized spacial score (nSPS) is 11.4. The summed E-state index contributed by atoms with van der Waals surface area (Å²) in [7, 11) is 3.91. The molecule has 0 aliphatic heterocycles. The Morgan fingerprint density at radius 3 is 2.44 bits per heavy atom. The van der Waals surface area contributed by atoms with Gasteiger partial charge in [0, 0.05) is 31.4 Å². The average Bonchev–Trinajstić information content (AvgIpc) is 2.38. The quantitative estimate of drug-likeness (QED) is 0.865. The first kappa shape index (κ1) is 14.0. The lowest BCUT2D eigenvalue weighted by atomic mass is 10.1. The number of benzene rings is 1. The van der Waals surface area contributed by atoms with Gasteiger partial charge in [-0.25, -0.2) is 0 Å². The standard InChI is InChI=1S/C14H19N3O/c1-4-12(9-10-15)16-14(18)11-5-7-13(8-6-11)17(2)3/h5-8,12H,4,9H2,1-3H3,(H,16,18). The maximum absolute atomic E-state index is 11.9. The molecule has 4 nitrogen and oxygen atoms in total. The maximum Gasteiger partial charge on any atom is 0.251 e. The number of hydrogen-bond acceptors (Lipinski definition) is 3. The van der Waals surface area contributed by atoms with Crippen molar-refractivity contribution in [3.05, 3.63) is 29.8 Å². The van der Waals surface area contributed by atoms with Gasteiger partial charge in [0.25, 0.3) is 5.91 Å². The van der Waals surface area contributed by atoms with Crippen molar-refractivity contribution in [3.8, 4) is 6.07 Å². The lowest BCUT2D eigenvalue weighted by molar-refractivity contribution is 0.0936. The number of carbonyl (C=O) groups is 1. The zero-order valence-electron chi connectivity index (χ0n) is 11.1. The molecular weight excluding hydrogens is 226 g/mol. The summed E-state index contributed by atoms with van der Waals surface area (Å²) in [5.74, 6) is -0.123. The summed E-state index contributed by atoms with van der Waals surface area (Å²) >= 11 is 0. The zero-order valence-corrected chi connectivity index (χ0v) is 11.1. The van der Waals surface area contributed by atoms with Crippen LogP contribution in [0.1, 0.15) is 30.1 Å². The van der Waals surface area contributed by atoms with Crippen LogP contribution in [0.25, 0.3) is 0 Å². The summed E-state index contributed by atoms with van der Waals surface area (Å²) in [6.07, 6.45) is 1.10. The minimum Gasteiger partial charge on any atom is -0.378 e. The van der Waals surface area contributed by atoms with E-state index < -0.39 is 0 Å². The van der Waals surface area contributed by atoms with Gasteiger partial charge >= 0.3 is 0 Å². The lowest BCUT2D eigenvalue weighted by Crippen LogP contribution is -2.34. The van der Waals surface area contributed by atoms with Crippen LogP contribution in [-0.4, -0.2) is 26.0 Å². The average molecular weight is 245 g/mol. The molecule has 0 saturated carbocycles. The number of nitrogens with one attached hydrogen (secondary N) is 1. The van der Waals surface area contributed by atoms with Crippen molar-refractivity contribution >= 4 is 11.6 Å². The van der Waals surface area contributed by atoms with Crippen LogP contribution in [0.5, 0.6) is 0 Å². The van der Waals surface area contributed by atoms with Gasteiger partial charge in [-0.1, -0.05) is 6.92 Å². The smallest absolute Gasteiger partial charge is 0.251 e. The fourth-order valence-electron chi connectivity index (χ4n) is 1.59. The van der Waals surface area contributed by atoms with E-state index in [1.165, 1.54) is 0 Å². The molecular formula is C14H19N3O. The number of carbonyl (C=O) groups excluding carboxylic acids is 1. The molecule has 18 heavy (non-hydrogen) atoms. The summed E-state index contributed by atoms with van der Waals surface area (Å²) in [5, 5.41) is 11.5. The van der Waals surface area contributed by atoms with Crippen LogP contribution in [0, 0.1) is 11.3 Å². The molecule has 1 aromatic carbocycles. The molecule has 0 aliphatic carbocycles. The van der Waals surface area contributed by atoms with Crippen LogP contribution in [0.2, 0.25) is 0 Å². The first-order valence-electron chi connectivity index (χ1n) is 6.03. The first-order chi connectivity index (χ1) is 8.58. The van der Waals surface area contributed by atoms with E-state index in [2.05, 4.69) is 11.4 Å². The highest BCUT2D eigenvalue weighted by atomic mass is 16.1. The van der Waals surface area contributed by atoms with E-state index in [-0.39, 0.29) is 11.9 Å². The molecule has 1 aromatic rings. The fourth-order valence-corrected chi connectivity index (χ4v) is 1.59. The van der Waals surface area contributed by atoms with Gasteiger partial charge in [0.2, 0.25) is 0 Å². The third-order valence-electron chi connectivity index (χ3n) is 2.81. The Kier molecular flexibility index (Phi) is 5.19. The van der Waals surface area contributed by atoms with Gasteiger partial charge in [-0.2, -0.15) is 5.26 Å². The van der Waals surface area contributed by atoms with Crippen molar-refractivity contribution in [3.63, 3.8) is 0 Å². The Balaban J connectivity index is 2.70. The van der Waals surface area contributed by atoms with E-state index in [1.807, 2.05) is 38.1 Å². The SMILES string of the molecule is CCC(CC#N)NC(=O)c1ccc(N(C)C)cc1. The summed E-state index contributed by atoms with van der Waals surface area (Å²) < 4.78 is 0. The third kappa shape index (κ3) is 3.77. The molecule has 4 heteroatoms. The second-order valence-electron chi connectivity index (χ2n) is 4.38. The van der Waals surface area contributed by atoms with Crippen LogP contribution >= 0.6 is 0 Å². The summed E-state index contributed by atoms with van der Waals surface area (Å²) in [6, 6.07) is 9.40. The Morgan fingerprint density at radius 2 is 2.00 bits per heavy atom. The molecule has 0 aliphatic rings. The van der Waals surface area contributed by atoms with E-state index in [9.17, 15) is 4.79 Å². The van der Waals surface area contributed by atoms with E-state index in [0.29, 0.717) is 12.0 Å². The minimum absolute atomic E-state index is 0.0731. The highest BCUT2D eigenvalue weighted by Crippen LogP contribution is 2.12. The van der Waals surface area contributed by atoms with Crippen molar-refractivity contribution in [2.24, 2.45) is 0 Å². The Bertz CT molecular complexity index is 431. The number of hydrogen-bond donors (Lipinski definition) is 1. The van der Waals surface area contributed by atoms with Gasteiger partial charge in [0.15, 0.2) is 0 Å². The predicted molar refractivity (Wildman–Crippen MR) is 72.5 cm³/mol. The van der Waals surface area contributed by atoms with Crippen molar-refractivity contribution in [1.82, 2.24) is 5.32 Å².